The van der Waals surface area contributed by atoms with Gasteiger partial charge in [0.1, 0.15) is 0 Å². The van der Waals surface area contributed by atoms with Gasteiger partial charge in [-0.25, -0.2) is 0 Å². The summed E-state index contributed by atoms with van der Waals surface area (Å²) in [4.78, 5) is 0. The molecule has 0 aliphatic heterocycles. The number of rotatable bonds is 4. The topological polar surface area (TPSA) is 0 Å². The van der Waals surface area contributed by atoms with Crippen LogP contribution in [0.3, 0.4) is 0 Å². The van der Waals surface area contributed by atoms with Crippen LogP contribution in [0.15, 0.2) is 10.6 Å². The highest BCUT2D eigenvalue weighted by atomic mass is 35.5. The van der Waals surface area contributed by atoms with Crippen molar-refractivity contribution in [1.82, 2.24) is 0 Å². The third-order valence-corrected chi connectivity index (χ3v) is 2.90. The Morgan fingerprint density at radius 3 is 1.83 bits per heavy atom. The van der Waals surface area contributed by atoms with E-state index in [1.165, 1.54) is 5.54 Å². The second-order valence-electron chi connectivity index (χ2n) is 3.91. The molecule has 0 amide bonds. The van der Waals surface area contributed by atoms with Gasteiger partial charge in [0.15, 0.2) is 0 Å². The number of hydrogen-bond donors (Lipinski definition) is 0. The van der Waals surface area contributed by atoms with E-state index in [1.807, 2.05) is 0 Å². The maximum absolute atomic E-state index is 5.88. The molecule has 0 unspecified atom stereocenters. The monoisotopic (exact) mass is 208 g/mol. The zero-order valence-electron chi connectivity index (χ0n) is 8.27. The van der Waals surface area contributed by atoms with Crippen molar-refractivity contribution in [1.29, 1.82) is 0 Å². The second kappa shape index (κ2) is 5.88. The summed E-state index contributed by atoms with van der Waals surface area (Å²) in [7, 11) is 0. The first-order valence-electron chi connectivity index (χ1n) is 4.43. The molecule has 2 heteroatoms. The molecule has 0 atom stereocenters. The molecule has 0 saturated carbocycles. The summed E-state index contributed by atoms with van der Waals surface area (Å²) in [6.45, 7) is 8.90. The van der Waals surface area contributed by atoms with Gasteiger partial charge < -0.3 is 0 Å². The smallest absolute Gasteiger partial charge is 0.0296 e. The van der Waals surface area contributed by atoms with E-state index in [1.54, 1.807) is 0 Å². The van der Waals surface area contributed by atoms with Crippen molar-refractivity contribution in [2.45, 2.75) is 34.1 Å². The lowest BCUT2D eigenvalue weighted by Crippen LogP contribution is -2.15. The van der Waals surface area contributed by atoms with Crippen LogP contribution in [0.1, 0.15) is 34.1 Å². The van der Waals surface area contributed by atoms with Gasteiger partial charge in [0.05, 0.1) is 0 Å². The van der Waals surface area contributed by atoms with Crippen molar-refractivity contribution in [2.24, 2.45) is 17.8 Å². The van der Waals surface area contributed by atoms with Gasteiger partial charge in [0.25, 0.3) is 0 Å². The van der Waals surface area contributed by atoms with Crippen molar-refractivity contribution < 1.29 is 0 Å². The molecule has 0 rings (SSSR count). The number of allylic oxidation sites excluding steroid dienone is 1. The summed E-state index contributed by atoms with van der Waals surface area (Å²) in [6.07, 6.45) is 0.903. The van der Waals surface area contributed by atoms with Crippen LogP contribution in [0.25, 0.3) is 0 Å². The molecular weight excluding hydrogens is 191 g/mol. The quantitative estimate of drug-likeness (QED) is 0.633. The Morgan fingerprint density at radius 1 is 1.17 bits per heavy atom. The molecule has 0 aliphatic rings. The Hall–Kier alpha value is 0.320. The summed E-state index contributed by atoms with van der Waals surface area (Å²) in [5.74, 6) is 1.96. The van der Waals surface area contributed by atoms with Crippen molar-refractivity contribution >= 4 is 23.2 Å². The van der Waals surface area contributed by atoms with Crippen molar-refractivity contribution in [3.8, 4) is 0 Å². The SMILES string of the molecule is CC(C)C(C/C(Cl)=C\Cl)C(C)C. The Morgan fingerprint density at radius 2 is 1.58 bits per heavy atom. The molecule has 0 fully saturated rings. The van der Waals surface area contributed by atoms with Crippen LogP contribution in [-0.4, -0.2) is 0 Å². The fourth-order valence-corrected chi connectivity index (χ4v) is 1.78. The van der Waals surface area contributed by atoms with Crippen LogP contribution in [0.2, 0.25) is 0 Å². The Labute approximate surface area is 85.9 Å². The summed E-state index contributed by atoms with van der Waals surface area (Å²) >= 11 is 11.4. The number of hydrogen-bond acceptors (Lipinski definition) is 0. The predicted octanol–water partition coefficient (Wildman–Crippen LogP) is 4.62. The minimum Gasteiger partial charge on any atom is -0.0917 e. The van der Waals surface area contributed by atoms with E-state index in [0.717, 1.165) is 11.5 Å². The fraction of sp³-hybridized carbons (Fsp3) is 0.800. The normalized spacial score (nSPS) is 13.6. The van der Waals surface area contributed by atoms with E-state index >= 15 is 0 Å². The van der Waals surface area contributed by atoms with Gasteiger partial charge in [0, 0.05) is 10.6 Å². The molecule has 0 radical (unpaired) electrons. The molecule has 0 aromatic rings. The van der Waals surface area contributed by atoms with Crippen LogP contribution in [-0.2, 0) is 0 Å². The predicted molar refractivity (Wildman–Crippen MR) is 57.6 cm³/mol. The van der Waals surface area contributed by atoms with Gasteiger partial charge in [-0.2, -0.15) is 0 Å². The largest absolute Gasteiger partial charge is 0.0917 e. The molecule has 0 aliphatic carbocycles. The third kappa shape index (κ3) is 4.37. The fourth-order valence-electron chi connectivity index (χ4n) is 1.51. The Bertz CT molecular complexity index is 140. The van der Waals surface area contributed by atoms with Gasteiger partial charge in [0.2, 0.25) is 0 Å². The maximum atomic E-state index is 5.88. The molecule has 0 bridgehead atoms. The van der Waals surface area contributed by atoms with E-state index in [-0.39, 0.29) is 0 Å². The van der Waals surface area contributed by atoms with Crippen molar-refractivity contribution in [3.05, 3.63) is 10.6 Å². The highest BCUT2D eigenvalue weighted by Crippen LogP contribution is 2.28. The lowest BCUT2D eigenvalue weighted by Gasteiger charge is -2.24. The van der Waals surface area contributed by atoms with E-state index < -0.39 is 0 Å². The highest BCUT2D eigenvalue weighted by Gasteiger charge is 2.17. The average Bonchev–Trinajstić information content (AvgIpc) is 1.98. The van der Waals surface area contributed by atoms with Gasteiger partial charge in [-0.3, -0.25) is 0 Å². The lowest BCUT2D eigenvalue weighted by molar-refractivity contribution is 0.289. The molecule has 0 aromatic heterocycles. The highest BCUT2D eigenvalue weighted by molar-refractivity contribution is 6.36. The first kappa shape index (κ1) is 12.3. The molecular formula is C10H18Cl2. The van der Waals surface area contributed by atoms with Gasteiger partial charge in [-0.1, -0.05) is 50.9 Å². The van der Waals surface area contributed by atoms with E-state index in [2.05, 4.69) is 27.7 Å². The summed E-state index contributed by atoms with van der Waals surface area (Å²) in [5, 5.41) is 0.768. The minimum atomic E-state index is 0.632. The number of halogens is 2. The van der Waals surface area contributed by atoms with Crippen molar-refractivity contribution in [3.63, 3.8) is 0 Å². The Kier molecular flexibility index (Phi) is 6.04. The standard InChI is InChI=1S/C10H18Cl2/c1-7(2)10(8(3)4)5-9(12)6-11/h6-8,10H,5H2,1-4H3/b9-6+. The van der Waals surface area contributed by atoms with Crippen LogP contribution >= 0.6 is 23.2 Å². The molecule has 0 nitrogen and oxygen atoms in total. The van der Waals surface area contributed by atoms with Crippen molar-refractivity contribution in [2.75, 3.05) is 0 Å². The van der Waals surface area contributed by atoms with Gasteiger partial charge in [-0.15, -0.1) is 0 Å². The van der Waals surface area contributed by atoms with E-state index in [9.17, 15) is 0 Å². The molecule has 72 valence electrons. The van der Waals surface area contributed by atoms with Crippen LogP contribution in [0, 0.1) is 17.8 Å². The second-order valence-corrected chi connectivity index (χ2v) is 4.62. The zero-order valence-corrected chi connectivity index (χ0v) is 9.78. The van der Waals surface area contributed by atoms with E-state index in [4.69, 9.17) is 23.2 Å². The molecule has 0 heterocycles. The summed E-state index contributed by atoms with van der Waals surface area (Å²) < 4.78 is 0. The molecule has 0 N–H and O–H groups in total. The average molecular weight is 209 g/mol. The molecule has 0 spiro atoms. The first-order valence-corrected chi connectivity index (χ1v) is 5.25. The van der Waals surface area contributed by atoms with E-state index in [0.29, 0.717) is 17.8 Å². The summed E-state index contributed by atoms with van der Waals surface area (Å²) in [6, 6.07) is 0. The zero-order chi connectivity index (χ0) is 9.72. The minimum absolute atomic E-state index is 0.632. The maximum Gasteiger partial charge on any atom is 0.0296 e. The van der Waals surface area contributed by atoms with Crippen LogP contribution < -0.4 is 0 Å². The Balaban J connectivity index is 4.14. The van der Waals surface area contributed by atoms with Crippen LogP contribution in [0.5, 0.6) is 0 Å². The molecule has 0 saturated heterocycles. The third-order valence-electron chi connectivity index (χ3n) is 2.26. The van der Waals surface area contributed by atoms with Crippen LogP contribution in [0.4, 0.5) is 0 Å². The first-order chi connectivity index (χ1) is 5.49. The lowest BCUT2D eigenvalue weighted by atomic mass is 9.83. The molecule has 12 heavy (non-hydrogen) atoms. The molecule has 0 aromatic carbocycles. The van der Waals surface area contributed by atoms with Gasteiger partial charge in [-0.05, 0) is 24.2 Å². The van der Waals surface area contributed by atoms with Gasteiger partial charge >= 0.3 is 0 Å². The summed E-state index contributed by atoms with van der Waals surface area (Å²) in [5.41, 5.74) is 1.47.